The van der Waals surface area contributed by atoms with Gasteiger partial charge in [-0.3, -0.25) is 4.79 Å². The molecule has 7 heteroatoms. The van der Waals surface area contributed by atoms with Crippen molar-refractivity contribution in [2.75, 3.05) is 13.2 Å². The number of thiophene rings is 1. The molecule has 1 saturated heterocycles. The minimum atomic E-state index is -0.714. The molecule has 3 rings (SSSR count). The van der Waals surface area contributed by atoms with E-state index in [2.05, 4.69) is 10.6 Å². The lowest BCUT2D eigenvalue weighted by molar-refractivity contribution is 0.0399. The SMILES string of the molecule is O=C(NCC1OCC(NCc2ccc(F)cc2)C1O)c1cccs1. The molecule has 0 saturated carbocycles. The Morgan fingerprint density at radius 2 is 2.12 bits per heavy atom. The Hall–Kier alpha value is -1.80. The number of hydrogen-bond donors (Lipinski definition) is 3. The summed E-state index contributed by atoms with van der Waals surface area (Å²) in [5, 5.41) is 18.1. The van der Waals surface area contributed by atoms with Crippen LogP contribution in [0.15, 0.2) is 41.8 Å². The third kappa shape index (κ3) is 4.18. The number of aliphatic hydroxyl groups excluding tert-OH is 1. The molecule has 0 radical (unpaired) electrons. The van der Waals surface area contributed by atoms with E-state index in [4.69, 9.17) is 4.74 Å². The first-order valence-corrected chi connectivity index (χ1v) is 8.60. The number of halogens is 1. The fourth-order valence-corrected chi connectivity index (χ4v) is 3.22. The number of carbonyl (C=O) groups excluding carboxylic acids is 1. The van der Waals surface area contributed by atoms with E-state index in [9.17, 15) is 14.3 Å². The molecule has 128 valence electrons. The van der Waals surface area contributed by atoms with E-state index in [0.717, 1.165) is 5.56 Å². The van der Waals surface area contributed by atoms with Crippen LogP contribution in [0.1, 0.15) is 15.2 Å². The first-order chi connectivity index (χ1) is 11.6. The van der Waals surface area contributed by atoms with Gasteiger partial charge in [-0.05, 0) is 29.1 Å². The standard InChI is InChI=1S/C17H19FN2O3S/c18-12-5-3-11(4-6-12)8-19-13-10-23-14(16(13)21)9-20-17(22)15-2-1-7-24-15/h1-7,13-14,16,19,21H,8-10H2,(H,20,22). The Morgan fingerprint density at radius 3 is 2.83 bits per heavy atom. The van der Waals surface area contributed by atoms with Gasteiger partial charge in [0, 0.05) is 13.1 Å². The van der Waals surface area contributed by atoms with Gasteiger partial charge in [-0.15, -0.1) is 11.3 Å². The first-order valence-electron chi connectivity index (χ1n) is 7.72. The van der Waals surface area contributed by atoms with Gasteiger partial charge in [-0.2, -0.15) is 0 Å². The molecular formula is C17H19FN2O3S. The molecule has 3 atom stereocenters. The van der Waals surface area contributed by atoms with Crippen LogP contribution in [-0.2, 0) is 11.3 Å². The maximum Gasteiger partial charge on any atom is 0.261 e. The van der Waals surface area contributed by atoms with E-state index in [1.165, 1.54) is 23.5 Å². The van der Waals surface area contributed by atoms with Gasteiger partial charge in [0.25, 0.3) is 5.91 Å². The molecule has 1 aliphatic rings. The predicted molar refractivity (Wildman–Crippen MR) is 89.4 cm³/mol. The van der Waals surface area contributed by atoms with E-state index >= 15 is 0 Å². The van der Waals surface area contributed by atoms with E-state index in [1.807, 2.05) is 11.4 Å². The molecule has 1 aromatic carbocycles. The fraction of sp³-hybridized carbons (Fsp3) is 0.353. The molecule has 2 aromatic rings. The molecular weight excluding hydrogens is 331 g/mol. The van der Waals surface area contributed by atoms with Crippen LogP contribution in [0.25, 0.3) is 0 Å². The van der Waals surface area contributed by atoms with E-state index in [1.54, 1.807) is 18.2 Å². The summed E-state index contributed by atoms with van der Waals surface area (Å²) in [6, 6.07) is 9.54. The zero-order valence-electron chi connectivity index (χ0n) is 12.9. The Balaban J connectivity index is 1.45. The Bertz CT molecular complexity index is 663. The molecule has 3 unspecified atom stereocenters. The van der Waals surface area contributed by atoms with E-state index in [-0.39, 0.29) is 24.3 Å². The summed E-state index contributed by atoms with van der Waals surface area (Å²) in [6.45, 7) is 1.13. The molecule has 1 amide bonds. The summed E-state index contributed by atoms with van der Waals surface area (Å²) in [7, 11) is 0. The summed E-state index contributed by atoms with van der Waals surface area (Å²) in [5.74, 6) is -0.437. The second-order valence-corrected chi connectivity index (χ2v) is 6.61. The maximum absolute atomic E-state index is 12.9. The summed E-state index contributed by atoms with van der Waals surface area (Å²) in [6.07, 6.45) is -1.16. The van der Waals surface area contributed by atoms with Gasteiger partial charge >= 0.3 is 0 Å². The van der Waals surface area contributed by atoms with Crippen LogP contribution in [0.2, 0.25) is 0 Å². The molecule has 0 spiro atoms. The number of hydrogen-bond acceptors (Lipinski definition) is 5. The number of rotatable bonds is 6. The van der Waals surface area contributed by atoms with Crippen molar-refractivity contribution < 1.29 is 19.0 Å². The minimum Gasteiger partial charge on any atom is -0.389 e. The topological polar surface area (TPSA) is 70.6 Å². The summed E-state index contributed by atoms with van der Waals surface area (Å²) < 4.78 is 18.4. The van der Waals surface area contributed by atoms with Gasteiger partial charge in [0.05, 0.1) is 23.6 Å². The molecule has 0 aliphatic carbocycles. The third-order valence-electron chi connectivity index (χ3n) is 3.97. The predicted octanol–water partition coefficient (Wildman–Crippen LogP) is 1.54. The van der Waals surface area contributed by atoms with Crippen molar-refractivity contribution in [3.8, 4) is 0 Å². The molecule has 0 bridgehead atoms. The van der Waals surface area contributed by atoms with Crippen molar-refractivity contribution in [3.63, 3.8) is 0 Å². The highest BCUT2D eigenvalue weighted by atomic mass is 32.1. The van der Waals surface area contributed by atoms with Gasteiger partial charge in [-0.1, -0.05) is 18.2 Å². The fourth-order valence-electron chi connectivity index (χ4n) is 2.58. The van der Waals surface area contributed by atoms with Crippen LogP contribution >= 0.6 is 11.3 Å². The van der Waals surface area contributed by atoms with Crippen molar-refractivity contribution in [3.05, 3.63) is 58.0 Å². The van der Waals surface area contributed by atoms with Crippen LogP contribution in [0, 0.1) is 5.82 Å². The highest BCUT2D eigenvalue weighted by Crippen LogP contribution is 2.15. The number of carbonyl (C=O) groups is 1. The Morgan fingerprint density at radius 1 is 1.33 bits per heavy atom. The quantitative estimate of drug-likeness (QED) is 0.739. The lowest BCUT2D eigenvalue weighted by atomic mass is 10.1. The largest absolute Gasteiger partial charge is 0.389 e. The lowest BCUT2D eigenvalue weighted by Crippen LogP contribution is -2.44. The number of ether oxygens (including phenoxy) is 1. The molecule has 1 aromatic heterocycles. The van der Waals surface area contributed by atoms with Gasteiger partial charge in [-0.25, -0.2) is 4.39 Å². The van der Waals surface area contributed by atoms with Crippen LogP contribution in [0.5, 0.6) is 0 Å². The van der Waals surface area contributed by atoms with E-state index in [0.29, 0.717) is 18.0 Å². The summed E-state index contributed by atoms with van der Waals surface area (Å²) >= 11 is 1.37. The first kappa shape index (κ1) is 17.0. The van der Waals surface area contributed by atoms with Crippen molar-refractivity contribution >= 4 is 17.2 Å². The lowest BCUT2D eigenvalue weighted by Gasteiger charge is -2.19. The molecule has 24 heavy (non-hydrogen) atoms. The van der Waals surface area contributed by atoms with Crippen molar-refractivity contribution in [1.29, 1.82) is 0 Å². The van der Waals surface area contributed by atoms with Gasteiger partial charge in [0.15, 0.2) is 0 Å². The average Bonchev–Trinajstić information content (AvgIpc) is 3.23. The van der Waals surface area contributed by atoms with Crippen LogP contribution in [0.3, 0.4) is 0 Å². The molecule has 2 heterocycles. The zero-order chi connectivity index (χ0) is 16.9. The highest BCUT2D eigenvalue weighted by Gasteiger charge is 2.35. The normalized spacial score (nSPS) is 23.3. The van der Waals surface area contributed by atoms with Gasteiger partial charge in [0.2, 0.25) is 0 Å². The highest BCUT2D eigenvalue weighted by molar-refractivity contribution is 7.12. The van der Waals surface area contributed by atoms with Gasteiger partial charge in [0.1, 0.15) is 11.9 Å². The summed E-state index contributed by atoms with van der Waals surface area (Å²) in [5.41, 5.74) is 0.929. The molecule has 1 aliphatic heterocycles. The third-order valence-corrected chi connectivity index (χ3v) is 4.84. The number of amides is 1. The monoisotopic (exact) mass is 350 g/mol. The summed E-state index contributed by atoms with van der Waals surface area (Å²) in [4.78, 5) is 12.5. The van der Waals surface area contributed by atoms with Crippen LogP contribution in [0.4, 0.5) is 4.39 Å². The Labute approximate surface area is 143 Å². The number of nitrogens with one attached hydrogen (secondary N) is 2. The second-order valence-electron chi connectivity index (χ2n) is 5.66. The minimum absolute atomic E-state index is 0.163. The van der Waals surface area contributed by atoms with E-state index < -0.39 is 12.2 Å². The van der Waals surface area contributed by atoms with Gasteiger partial charge < -0.3 is 20.5 Å². The molecule has 5 nitrogen and oxygen atoms in total. The second kappa shape index (κ2) is 7.85. The van der Waals surface area contributed by atoms with Crippen molar-refractivity contribution in [2.24, 2.45) is 0 Å². The number of aliphatic hydroxyl groups is 1. The Kier molecular flexibility index (Phi) is 5.57. The van der Waals surface area contributed by atoms with Crippen molar-refractivity contribution in [2.45, 2.75) is 24.8 Å². The number of benzene rings is 1. The van der Waals surface area contributed by atoms with Crippen molar-refractivity contribution in [1.82, 2.24) is 10.6 Å². The molecule has 3 N–H and O–H groups in total. The maximum atomic E-state index is 12.9. The van der Waals surface area contributed by atoms with Crippen LogP contribution < -0.4 is 10.6 Å². The average molecular weight is 350 g/mol. The zero-order valence-corrected chi connectivity index (χ0v) is 13.8. The van der Waals surface area contributed by atoms with Crippen LogP contribution in [-0.4, -0.2) is 42.4 Å². The smallest absolute Gasteiger partial charge is 0.261 e. The molecule has 1 fully saturated rings.